The molecule has 0 saturated heterocycles. The third-order valence-corrected chi connectivity index (χ3v) is 3.40. The molecule has 0 aliphatic rings. The third-order valence-electron chi connectivity index (χ3n) is 2.20. The van der Waals surface area contributed by atoms with E-state index in [4.69, 9.17) is 11.6 Å². The van der Waals surface area contributed by atoms with Gasteiger partial charge in [0, 0.05) is 4.88 Å². The highest BCUT2D eigenvalue weighted by Gasteiger charge is 2.11. The zero-order chi connectivity index (χ0) is 12.4. The first-order valence-electron chi connectivity index (χ1n) is 4.94. The lowest BCUT2D eigenvalue weighted by Crippen LogP contribution is -2.13. The number of nitrogens with one attached hydrogen (secondary N) is 1. The van der Waals surface area contributed by atoms with Crippen LogP contribution in [0.2, 0.25) is 5.15 Å². The summed E-state index contributed by atoms with van der Waals surface area (Å²) in [7, 11) is 0. The molecule has 0 radical (unpaired) electrons. The molecule has 1 amide bonds. The fourth-order valence-corrected chi connectivity index (χ4v) is 2.20. The number of rotatable bonds is 2. The van der Waals surface area contributed by atoms with Crippen LogP contribution in [0.4, 0.5) is 5.13 Å². The second-order valence-corrected chi connectivity index (χ2v) is 5.05. The van der Waals surface area contributed by atoms with Crippen LogP contribution in [-0.4, -0.2) is 15.9 Å². The molecule has 0 bridgehead atoms. The van der Waals surface area contributed by atoms with Gasteiger partial charge in [0.15, 0.2) is 5.13 Å². The lowest BCUT2D eigenvalue weighted by atomic mass is 10.3. The van der Waals surface area contributed by atoms with Gasteiger partial charge in [-0.15, -0.1) is 11.3 Å². The van der Waals surface area contributed by atoms with Crippen LogP contribution in [0.1, 0.15) is 21.1 Å². The van der Waals surface area contributed by atoms with Gasteiger partial charge in [0.05, 0.1) is 5.69 Å². The number of anilines is 1. The number of nitrogens with zero attached hydrogens (tertiary/aromatic N) is 2. The molecule has 17 heavy (non-hydrogen) atoms. The molecule has 0 atom stereocenters. The lowest BCUT2D eigenvalue weighted by Gasteiger charge is -2.00. The topological polar surface area (TPSA) is 54.9 Å². The van der Waals surface area contributed by atoms with Gasteiger partial charge in [0.25, 0.3) is 5.91 Å². The maximum Gasteiger partial charge on any atom is 0.276 e. The van der Waals surface area contributed by atoms with Gasteiger partial charge in [-0.2, -0.15) is 0 Å². The van der Waals surface area contributed by atoms with E-state index in [0.29, 0.717) is 10.3 Å². The quantitative estimate of drug-likeness (QED) is 0.851. The highest BCUT2D eigenvalue weighted by Crippen LogP contribution is 2.21. The van der Waals surface area contributed by atoms with Crippen molar-refractivity contribution in [2.24, 2.45) is 0 Å². The van der Waals surface area contributed by atoms with Crippen LogP contribution in [-0.2, 0) is 0 Å². The first-order chi connectivity index (χ1) is 8.06. The lowest BCUT2D eigenvalue weighted by molar-refractivity contribution is 0.102. The molecule has 0 aliphatic carbocycles. The second-order valence-electron chi connectivity index (χ2n) is 3.46. The smallest absolute Gasteiger partial charge is 0.276 e. The van der Waals surface area contributed by atoms with Crippen molar-refractivity contribution in [3.63, 3.8) is 0 Å². The van der Waals surface area contributed by atoms with Gasteiger partial charge in [0.1, 0.15) is 10.8 Å². The number of aryl methyl sites for hydroxylation is 2. The van der Waals surface area contributed by atoms with Crippen LogP contribution in [0.5, 0.6) is 0 Å². The first-order valence-corrected chi connectivity index (χ1v) is 6.13. The van der Waals surface area contributed by atoms with Crippen molar-refractivity contribution < 1.29 is 4.79 Å². The Kier molecular flexibility index (Phi) is 3.40. The number of carbonyl (C=O) groups is 1. The predicted octanol–water partition coefficient (Wildman–Crippen LogP) is 3.06. The van der Waals surface area contributed by atoms with Crippen molar-refractivity contribution in [3.05, 3.63) is 39.6 Å². The van der Waals surface area contributed by atoms with Crippen molar-refractivity contribution in [2.45, 2.75) is 13.8 Å². The minimum atomic E-state index is -0.304. The van der Waals surface area contributed by atoms with Crippen LogP contribution in [0, 0.1) is 13.8 Å². The normalized spacial score (nSPS) is 10.3. The summed E-state index contributed by atoms with van der Waals surface area (Å²) < 4.78 is 0. The molecular weight excluding hydrogens is 258 g/mol. The predicted molar refractivity (Wildman–Crippen MR) is 68.8 cm³/mol. The third kappa shape index (κ3) is 2.81. The zero-order valence-corrected chi connectivity index (χ0v) is 10.9. The summed E-state index contributed by atoms with van der Waals surface area (Å²) in [6.45, 7) is 3.86. The van der Waals surface area contributed by atoms with E-state index < -0.39 is 0 Å². The van der Waals surface area contributed by atoms with E-state index in [1.54, 1.807) is 18.2 Å². The summed E-state index contributed by atoms with van der Waals surface area (Å²) in [6, 6.07) is 4.91. The summed E-state index contributed by atoms with van der Waals surface area (Å²) in [5.74, 6) is -0.304. The molecule has 2 rings (SSSR count). The van der Waals surface area contributed by atoms with Gasteiger partial charge in [-0.25, -0.2) is 9.97 Å². The average Bonchev–Trinajstić information content (AvgIpc) is 2.58. The molecule has 1 N–H and O–H groups in total. The molecule has 0 aliphatic heterocycles. The number of thiazole rings is 1. The number of pyridine rings is 1. The number of hydrogen-bond donors (Lipinski definition) is 1. The minimum absolute atomic E-state index is 0.281. The van der Waals surface area contributed by atoms with E-state index in [2.05, 4.69) is 15.3 Å². The van der Waals surface area contributed by atoms with E-state index >= 15 is 0 Å². The van der Waals surface area contributed by atoms with Gasteiger partial charge in [-0.1, -0.05) is 17.7 Å². The van der Waals surface area contributed by atoms with Gasteiger partial charge in [-0.05, 0) is 26.0 Å². The van der Waals surface area contributed by atoms with E-state index in [1.807, 2.05) is 13.8 Å². The maximum atomic E-state index is 11.8. The van der Waals surface area contributed by atoms with Gasteiger partial charge < -0.3 is 0 Å². The van der Waals surface area contributed by atoms with Crippen LogP contribution < -0.4 is 5.32 Å². The fourth-order valence-electron chi connectivity index (χ4n) is 1.22. The molecule has 6 heteroatoms. The van der Waals surface area contributed by atoms with E-state index in [1.165, 1.54) is 11.3 Å². The number of aromatic nitrogens is 2. The molecular formula is C11H10ClN3OS. The molecule has 2 aromatic heterocycles. The standard InChI is InChI=1S/C11H10ClN3OS/c1-6-7(2)17-11(13-6)15-10(16)8-4-3-5-9(12)14-8/h3-5H,1-2H3,(H,13,15,16). The van der Waals surface area contributed by atoms with E-state index in [9.17, 15) is 4.79 Å². The summed E-state index contributed by atoms with van der Waals surface area (Å²) in [6.07, 6.45) is 0. The molecule has 0 spiro atoms. The Morgan fingerprint density at radius 3 is 2.71 bits per heavy atom. The highest BCUT2D eigenvalue weighted by atomic mass is 35.5. The summed E-state index contributed by atoms with van der Waals surface area (Å²) in [5, 5.41) is 3.57. The van der Waals surface area contributed by atoms with Crippen LogP contribution in [0.25, 0.3) is 0 Å². The Hall–Kier alpha value is -1.46. The van der Waals surface area contributed by atoms with Gasteiger partial charge >= 0.3 is 0 Å². The van der Waals surface area contributed by atoms with Crippen LogP contribution >= 0.6 is 22.9 Å². The van der Waals surface area contributed by atoms with Gasteiger partial charge in [0.2, 0.25) is 0 Å². The molecule has 88 valence electrons. The summed E-state index contributed by atoms with van der Waals surface area (Å²) in [5.41, 5.74) is 1.20. The minimum Gasteiger partial charge on any atom is -0.296 e. The summed E-state index contributed by atoms with van der Waals surface area (Å²) >= 11 is 7.15. The largest absolute Gasteiger partial charge is 0.296 e. The number of halogens is 1. The maximum absolute atomic E-state index is 11.8. The highest BCUT2D eigenvalue weighted by molar-refractivity contribution is 7.15. The summed E-state index contributed by atoms with van der Waals surface area (Å²) in [4.78, 5) is 21.1. The number of amides is 1. The molecule has 4 nitrogen and oxygen atoms in total. The Morgan fingerprint density at radius 2 is 2.12 bits per heavy atom. The second kappa shape index (κ2) is 4.81. The van der Waals surface area contributed by atoms with Crippen molar-refractivity contribution in [3.8, 4) is 0 Å². The molecule has 0 fully saturated rings. The Balaban J connectivity index is 2.17. The molecule has 2 aromatic rings. The van der Waals surface area contributed by atoms with E-state index in [-0.39, 0.29) is 11.6 Å². The Labute approximate surface area is 108 Å². The SMILES string of the molecule is Cc1nc(NC(=O)c2cccc(Cl)n2)sc1C. The molecule has 0 unspecified atom stereocenters. The fraction of sp³-hybridized carbons (Fsp3) is 0.182. The average molecular weight is 268 g/mol. The van der Waals surface area contributed by atoms with Crippen LogP contribution in [0.15, 0.2) is 18.2 Å². The monoisotopic (exact) mass is 267 g/mol. The van der Waals surface area contributed by atoms with E-state index in [0.717, 1.165) is 10.6 Å². The molecule has 2 heterocycles. The number of carbonyl (C=O) groups excluding carboxylic acids is 1. The Bertz CT molecular complexity index is 548. The van der Waals surface area contributed by atoms with Crippen molar-refractivity contribution in [1.82, 2.24) is 9.97 Å². The zero-order valence-electron chi connectivity index (χ0n) is 9.32. The Morgan fingerprint density at radius 1 is 1.35 bits per heavy atom. The van der Waals surface area contributed by atoms with Gasteiger partial charge in [-0.3, -0.25) is 10.1 Å². The van der Waals surface area contributed by atoms with Crippen molar-refractivity contribution >= 4 is 34.0 Å². The number of hydrogen-bond acceptors (Lipinski definition) is 4. The van der Waals surface area contributed by atoms with Crippen molar-refractivity contribution in [2.75, 3.05) is 5.32 Å². The molecule has 0 aromatic carbocycles. The molecule has 0 saturated carbocycles. The van der Waals surface area contributed by atoms with Crippen molar-refractivity contribution in [1.29, 1.82) is 0 Å². The first kappa shape index (κ1) is 12.0. The van der Waals surface area contributed by atoms with Crippen LogP contribution in [0.3, 0.4) is 0 Å².